The lowest BCUT2D eigenvalue weighted by atomic mass is 9.77. The topological polar surface area (TPSA) is 35.2 Å². The van der Waals surface area contributed by atoms with Crippen molar-refractivity contribution in [2.45, 2.75) is 57.1 Å². The first-order chi connectivity index (χ1) is 8.68. The predicted octanol–water partition coefficient (Wildman–Crippen LogP) is 3.21. The highest BCUT2D eigenvalue weighted by atomic mass is 16.5. The zero-order valence-electron chi connectivity index (χ0n) is 11.6. The number of hydrogen-bond donors (Lipinski definition) is 1. The fourth-order valence-electron chi connectivity index (χ4n) is 3.14. The van der Waals surface area contributed by atoms with Crippen molar-refractivity contribution in [1.82, 2.24) is 0 Å². The van der Waals surface area contributed by atoms with E-state index >= 15 is 0 Å². The molecule has 2 heteroatoms. The maximum absolute atomic E-state index is 6.47. The van der Waals surface area contributed by atoms with Crippen LogP contribution in [0.5, 0.6) is 0 Å². The van der Waals surface area contributed by atoms with E-state index < -0.39 is 0 Å². The van der Waals surface area contributed by atoms with Gasteiger partial charge in [-0.3, -0.25) is 0 Å². The number of rotatable bonds is 4. The summed E-state index contributed by atoms with van der Waals surface area (Å²) in [6, 6.07) is 8.61. The Hall–Kier alpha value is -0.860. The molecule has 0 aromatic heterocycles. The minimum absolute atomic E-state index is 0.0967. The van der Waals surface area contributed by atoms with Crippen molar-refractivity contribution in [1.29, 1.82) is 0 Å². The average Bonchev–Trinajstić information content (AvgIpc) is 2.42. The van der Waals surface area contributed by atoms with Crippen LogP contribution in [0.4, 0.5) is 0 Å². The van der Waals surface area contributed by atoms with E-state index in [1.165, 1.54) is 30.4 Å². The van der Waals surface area contributed by atoms with Gasteiger partial charge in [-0.05, 0) is 37.3 Å². The van der Waals surface area contributed by atoms with Crippen LogP contribution in [0.2, 0.25) is 0 Å². The van der Waals surface area contributed by atoms with E-state index in [1.807, 2.05) is 7.11 Å². The van der Waals surface area contributed by atoms with Gasteiger partial charge in [-0.2, -0.15) is 0 Å². The zero-order chi connectivity index (χ0) is 13.0. The lowest BCUT2D eigenvalue weighted by molar-refractivity contribution is -0.0583. The number of methoxy groups -OCH3 is 1. The van der Waals surface area contributed by atoms with Crippen LogP contribution >= 0.6 is 0 Å². The summed E-state index contributed by atoms with van der Waals surface area (Å²) in [5.41, 5.74) is 9.06. The Morgan fingerprint density at radius 3 is 2.50 bits per heavy atom. The average molecular weight is 247 g/mol. The van der Waals surface area contributed by atoms with E-state index in [-0.39, 0.29) is 11.6 Å². The smallest absolute Gasteiger partial charge is 0.0832 e. The highest BCUT2D eigenvalue weighted by Crippen LogP contribution is 2.34. The molecule has 18 heavy (non-hydrogen) atoms. The molecule has 2 rings (SSSR count). The molecule has 0 radical (unpaired) electrons. The maximum atomic E-state index is 6.47. The Morgan fingerprint density at radius 1 is 1.22 bits per heavy atom. The first-order valence-electron chi connectivity index (χ1n) is 7.03. The Morgan fingerprint density at radius 2 is 1.89 bits per heavy atom. The summed E-state index contributed by atoms with van der Waals surface area (Å²) in [6.07, 6.45) is 6.94. The molecule has 2 N–H and O–H groups in total. The molecular weight excluding hydrogens is 222 g/mol. The summed E-state index contributed by atoms with van der Waals surface area (Å²) in [4.78, 5) is 0. The normalized spacial score (nSPS) is 20.6. The molecule has 1 aromatic rings. The Balaban J connectivity index is 2.10. The van der Waals surface area contributed by atoms with Crippen LogP contribution in [0.1, 0.15) is 43.2 Å². The van der Waals surface area contributed by atoms with Crippen LogP contribution < -0.4 is 5.73 Å². The van der Waals surface area contributed by atoms with Crippen LogP contribution in [0, 0.1) is 6.92 Å². The molecule has 2 nitrogen and oxygen atoms in total. The van der Waals surface area contributed by atoms with E-state index in [2.05, 4.69) is 31.2 Å². The molecular formula is C16H25NO. The summed E-state index contributed by atoms with van der Waals surface area (Å²) < 4.78 is 5.83. The van der Waals surface area contributed by atoms with Crippen LogP contribution in [0.3, 0.4) is 0 Å². The molecule has 0 amide bonds. The third-order valence-electron chi connectivity index (χ3n) is 4.48. The van der Waals surface area contributed by atoms with Gasteiger partial charge >= 0.3 is 0 Å². The molecule has 0 bridgehead atoms. The summed E-state index contributed by atoms with van der Waals surface area (Å²) in [5.74, 6) is 0. The monoisotopic (exact) mass is 247 g/mol. The van der Waals surface area contributed by atoms with E-state index in [9.17, 15) is 0 Å². The number of benzene rings is 1. The molecule has 100 valence electrons. The molecule has 1 aliphatic rings. The van der Waals surface area contributed by atoms with Gasteiger partial charge in [-0.25, -0.2) is 0 Å². The second-order valence-electron chi connectivity index (χ2n) is 5.57. The SMILES string of the molecule is COC1(C(N)Cc2ccccc2C)CCCCC1. The molecule has 1 saturated carbocycles. The second kappa shape index (κ2) is 5.85. The molecule has 1 aliphatic carbocycles. The van der Waals surface area contributed by atoms with Gasteiger partial charge in [-0.15, -0.1) is 0 Å². The summed E-state index contributed by atoms with van der Waals surface area (Å²) in [7, 11) is 1.82. The van der Waals surface area contributed by atoms with Crippen molar-refractivity contribution in [2.75, 3.05) is 7.11 Å². The lowest BCUT2D eigenvalue weighted by Crippen LogP contribution is -2.52. The Bertz CT molecular complexity index is 382. The summed E-state index contributed by atoms with van der Waals surface area (Å²) in [6.45, 7) is 2.16. The van der Waals surface area contributed by atoms with E-state index in [4.69, 9.17) is 10.5 Å². The number of hydrogen-bond acceptors (Lipinski definition) is 2. The van der Waals surface area contributed by atoms with E-state index in [0.29, 0.717) is 0 Å². The van der Waals surface area contributed by atoms with Gasteiger partial charge in [0.15, 0.2) is 0 Å². The van der Waals surface area contributed by atoms with Gasteiger partial charge in [0.05, 0.1) is 5.60 Å². The fourth-order valence-corrected chi connectivity index (χ4v) is 3.14. The quantitative estimate of drug-likeness (QED) is 0.886. The minimum atomic E-state index is -0.0967. The third kappa shape index (κ3) is 2.76. The van der Waals surface area contributed by atoms with Crippen molar-refractivity contribution in [3.8, 4) is 0 Å². The largest absolute Gasteiger partial charge is 0.377 e. The van der Waals surface area contributed by atoms with Crippen molar-refractivity contribution in [3.63, 3.8) is 0 Å². The fraction of sp³-hybridized carbons (Fsp3) is 0.625. The van der Waals surface area contributed by atoms with E-state index in [0.717, 1.165) is 19.3 Å². The summed E-state index contributed by atoms with van der Waals surface area (Å²) >= 11 is 0. The van der Waals surface area contributed by atoms with Crippen LogP contribution in [-0.2, 0) is 11.2 Å². The van der Waals surface area contributed by atoms with Crippen molar-refractivity contribution < 1.29 is 4.74 Å². The zero-order valence-corrected chi connectivity index (χ0v) is 11.6. The maximum Gasteiger partial charge on any atom is 0.0832 e. The highest BCUT2D eigenvalue weighted by molar-refractivity contribution is 5.27. The molecule has 0 saturated heterocycles. The second-order valence-corrected chi connectivity index (χ2v) is 5.57. The van der Waals surface area contributed by atoms with Gasteiger partial charge in [0.1, 0.15) is 0 Å². The van der Waals surface area contributed by atoms with Crippen LogP contribution in [-0.4, -0.2) is 18.8 Å². The van der Waals surface area contributed by atoms with Gasteiger partial charge in [-0.1, -0.05) is 43.5 Å². The third-order valence-corrected chi connectivity index (χ3v) is 4.48. The Labute approximate surface area is 111 Å². The van der Waals surface area contributed by atoms with Crippen LogP contribution in [0.25, 0.3) is 0 Å². The Kier molecular flexibility index (Phi) is 4.41. The molecule has 0 heterocycles. The molecule has 1 fully saturated rings. The first-order valence-corrected chi connectivity index (χ1v) is 7.03. The number of nitrogens with two attached hydrogens (primary N) is 1. The van der Waals surface area contributed by atoms with Gasteiger partial charge in [0.2, 0.25) is 0 Å². The molecule has 1 atom stereocenters. The lowest BCUT2D eigenvalue weighted by Gasteiger charge is -2.41. The number of aryl methyl sites for hydroxylation is 1. The standard InChI is InChI=1S/C16H25NO/c1-13-8-4-5-9-14(13)12-15(17)16(18-2)10-6-3-7-11-16/h4-5,8-9,15H,3,6-7,10-12,17H2,1-2H3. The molecule has 0 spiro atoms. The van der Waals surface area contributed by atoms with Gasteiger partial charge < -0.3 is 10.5 Å². The predicted molar refractivity (Wildman–Crippen MR) is 75.7 cm³/mol. The molecule has 1 unspecified atom stereocenters. The van der Waals surface area contributed by atoms with Crippen molar-refractivity contribution in [3.05, 3.63) is 35.4 Å². The molecule has 1 aromatic carbocycles. The van der Waals surface area contributed by atoms with Gasteiger partial charge in [0.25, 0.3) is 0 Å². The minimum Gasteiger partial charge on any atom is -0.377 e. The first kappa shape index (κ1) is 13.6. The van der Waals surface area contributed by atoms with Crippen LogP contribution in [0.15, 0.2) is 24.3 Å². The van der Waals surface area contributed by atoms with Crippen molar-refractivity contribution >= 4 is 0 Å². The van der Waals surface area contributed by atoms with Gasteiger partial charge in [0, 0.05) is 13.2 Å². The number of ether oxygens (including phenoxy) is 1. The summed E-state index contributed by atoms with van der Waals surface area (Å²) in [5, 5.41) is 0. The van der Waals surface area contributed by atoms with E-state index in [1.54, 1.807) is 0 Å². The molecule has 0 aliphatic heterocycles. The van der Waals surface area contributed by atoms with Crippen molar-refractivity contribution in [2.24, 2.45) is 5.73 Å². The highest BCUT2D eigenvalue weighted by Gasteiger charge is 2.37.